The summed E-state index contributed by atoms with van der Waals surface area (Å²) in [4.78, 5) is 0.215. The highest BCUT2D eigenvalue weighted by molar-refractivity contribution is 7.89. The number of hydrogen-bond acceptors (Lipinski definition) is 4. The van der Waals surface area contributed by atoms with E-state index in [0.717, 1.165) is 11.3 Å². The number of hydrogen-bond donors (Lipinski definition) is 1. The van der Waals surface area contributed by atoms with Crippen LogP contribution >= 0.6 is 0 Å². The van der Waals surface area contributed by atoms with Crippen molar-refractivity contribution < 1.29 is 13.2 Å². The van der Waals surface area contributed by atoms with Crippen LogP contribution in [0.25, 0.3) is 0 Å². The van der Waals surface area contributed by atoms with Gasteiger partial charge in [-0.2, -0.15) is 5.10 Å². The van der Waals surface area contributed by atoms with Crippen LogP contribution in [0.2, 0.25) is 0 Å². The fourth-order valence-corrected chi connectivity index (χ4v) is 2.97. The van der Waals surface area contributed by atoms with E-state index in [9.17, 15) is 8.42 Å². The molecule has 0 fully saturated rings. The average molecular weight is 309 g/mol. The van der Waals surface area contributed by atoms with Crippen molar-refractivity contribution in [2.45, 2.75) is 25.3 Å². The van der Waals surface area contributed by atoms with Gasteiger partial charge in [-0.05, 0) is 38.1 Å². The second kappa shape index (κ2) is 6.28. The molecule has 0 unspecified atom stereocenters. The SMILES string of the molecule is CCOc1ccc(S(=O)(=O)NCc2cn(C)nc2C)cc1. The van der Waals surface area contributed by atoms with Gasteiger partial charge in [-0.3, -0.25) is 4.68 Å². The molecule has 0 bridgehead atoms. The van der Waals surface area contributed by atoms with Crippen molar-refractivity contribution in [1.29, 1.82) is 0 Å². The van der Waals surface area contributed by atoms with Crippen LogP contribution in [0.4, 0.5) is 0 Å². The Hall–Kier alpha value is -1.86. The van der Waals surface area contributed by atoms with E-state index in [1.807, 2.05) is 13.8 Å². The first-order valence-electron chi connectivity index (χ1n) is 6.64. The van der Waals surface area contributed by atoms with Gasteiger partial charge in [-0.25, -0.2) is 13.1 Å². The van der Waals surface area contributed by atoms with Gasteiger partial charge in [0.15, 0.2) is 0 Å². The number of nitrogens with one attached hydrogen (secondary N) is 1. The smallest absolute Gasteiger partial charge is 0.240 e. The number of aryl methyl sites for hydroxylation is 2. The maximum absolute atomic E-state index is 12.2. The first-order valence-corrected chi connectivity index (χ1v) is 8.12. The van der Waals surface area contributed by atoms with Crippen LogP contribution in [0.1, 0.15) is 18.2 Å². The molecule has 0 aliphatic heterocycles. The number of aromatic nitrogens is 2. The van der Waals surface area contributed by atoms with Crippen LogP contribution in [-0.4, -0.2) is 24.8 Å². The van der Waals surface area contributed by atoms with Crippen molar-refractivity contribution in [3.63, 3.8) is 0 Å². The lowest BCUT2D eigenvalue weighted by molar-refractivity contribution is 0.340. The van der Waals surface area contributed by atoms with Gasteiger partial charge in [-0.1, -0.05) is 0 Å². The molecule has 0 saturated heterocycles. The third kappa shape index (κ3) is 3.83. The van der Waals surface area contributed by atoms with Crippen LogP contribution in [-0.2, 0) is 23.6 Å². The van der Waals surface area contributed by atoms with Crippen LogP contribution in [0, 0.1) is 6.92 Å². The van der Waals surface area contributed by atoms with Crippen molar-refractivity contribution in [2.75, 3.05) is 6.61 Å². The summed E-state index contributed by atoms with van der Waals surface area (Å²) in [6.07, 6.45) is 1.80. The van der Waals surface area contributed by atoms with E-state index in [1.54, 1.807) is 30.1 Å². The predicted molar refractivity (Wildman–Crippen MR) is 79.6 cm³/mol. The summed E-state index contributed by atoms with van der Waals surface area (Å²) in [5, 5.41) is 4.18. The molecule has 114 valence electrons. The summed E-state index contributed by atoms with van der Waals surface area (Å²) >= 11 is 0. The first kappa shape index (κ1) is 15.5. The lowest BCUT2D eigenvalue weighted by Gasteiger charge is -2.07. The van der Waals surface area contributed by atoms with Crippen LogP contribution in [0.15, 0.2) is 35.4 Å². The lowest BCUT2D eigenvalue weighted by atomic mass is 10.3. The van der Waals surface area contributed by atoms with Crippen molar-refractivity contribution in [3.8, 4) is 5.75 Å². The zero-order chi connectivity index (χ0) is 15.5. The van der Waals surface area contributed by atoms with Gasteiger partial charge < -0.3 is 4.74 Å². The van der Waals surface area contributed by atoms with E-state index in [0.29, 0.717) is 12.4 Å². The lowest BCUT2D eigenvalue weighted by Crippen LogP contribution is -2.23. The molecule has 7 heteroatoms. The molecule has 0 atom stereocenters. The van der Waals surface area contributed by atoms with Crippen LogP contribution < -0.4 is 9.46 Å². The number of benzene rings is 1. The van der Waals surface area contributed by atoms with Gasteiger partial charge in [0.05, 0.1) is 17.2 Å². The van der Waals surface area contributed by atoms with Crippen LogP contribution in [0.3, 0.4) is 0 Å². The molecule has 0 aliphatic rings. The van der Waals surface area contributed by atoms with Gasteiger partial charge in [0, 0.05) is 25.4 Å². The molecule has 1 heterocycles. The molecule has 0 aliphatic carbocycles. The summed E-state index contributed by atoms with van der Waals surface area (Å²) in [6.45, 7) is 4.49. The highest BCUT2D eigenvalue weighted by Crippen LogP contribution is 2.16. The topological polar surface area (TPSA) is 73.2 Å². The Balaban J connectivity index is 2.09. The molecule has 1 N–H and O–H groups in total. The van der Waals surface area contributed by atoms with Gasteiger partial charge in [0.2, 0.25) is 10.0 Å². The highest BCUT2D eigenvalue weighted by atomic mass is 32.2. The zero-order valence-corrected chi connectivity index (χ0v) is 13.1. The molecular weight excluding hydrogens is 290 g/mol. The Bertz CT molecular complexity index is 706. The first-order chi connectivity index (χ1) is 9.92. The van der Waals surface area contributed by atoms with E-state index >= 15 is 0 Å². The van der Waals surface area contributed by atoms with Gasteiger partial charge in [-0.15, -0.1) is 0 Å². The molecule has 0 radical (unpaired) electrons. The maximum Gasteiger partial charge on any atom is 0.240 e. The Morgan fingerprint density at radius 3 is 2.48 bits per heavy atom. The number of ether oxygens (including phenoxy) is 1. The molecule has 0 amide bonds. The standard InChI is InChI=1S/C14H19N3O3S/c1-4-20-13-5-7-14(8-6-13)21(18,19)15-9-12-10-17(3)16-11(12)2/h5-8,10,15H,4,9H2,1-3H3. The number of nitrogens with zero attached hydrogens (tertiary/aromatic N) is 2. The minimum absolute atomic E-state index is 0.215. The van der Waals surface area contributed by atoms with Crippen molar-refractivity contribution in [1.82, 2.24) is 14.5 Å². The second-order valence-electron chi connectivity index (χ2n) is 4.64. The van der Waals surface area contributed by atoms with E-state index in [-0.39, 0.29) is 11.4 Å². The molecular formula is C14H19N3O3S. The molecule has 0 saturated carbocycles. The highest BCUT2D eigenvalue weighted by Gasteiger charge is 2.15. The van der Waals surface area contributed by atoms with E-state index in [1.165, 1.54) is 12.1 Å². The minimum Gasteiger partial charge on any atom is -0.494 e. The van der Waals surface area contributed by atoms with Gasteiger partial charge in [0.25, 0.3) is 0 Å². The molecule has 21 heavy (non-hydrogen) atoms. The van der Waals surface area contributed by atoms with E-state index < -0.39 is 10.0 Å². The summed E-state index contributed by atoms with van der Waals surface area (Å²) in [5.41, 5.74) is 1.67. The zero-order valence-electron chi connectivity index (χ0n) is 12.3. The van der Waals surface area contributed by atoms with Crippen LogP contribution in [0.5, 0.6) is 5.75 Å². The fourth-order valence-electron chi connectivity index (χ4n) is 1.96. The summed E-state index contributed by atoms with van der Waals surface area (Å²) < 4.78 is 34.0. The molecule has 2 rings (SSSR count). The van der Waals surface area contributed by atoms with Gasteiger partial charge >= 0.3 is 0 Å². The predicted octanol–water partition coefficient (Wildman–Crippen LogP) is 1.61. The third-order valence-electron chi connectivity index (χ3n) is 3.01. The molecule has 0 spiro atoms. The minimum atomic E-state index is -3.54. The third-order valence-corrected chi connectivity index (χ3v) is 4.43. The largest absolute Gasteiger partial charge is 0.494 e. The summed E-state index contributed by atoms with van der Waals surface area (Å²) in [7, 11) is -1.74. The Morgan fingerprint density at radius 1 is 1.29 bits per heavy atom. The molecule has 1 aromatic heterocycles. The molecule has 6 nitrogen and oxygen atoms in total. The molecule has 2 aromatic rings. The quantitative estimate of drug-likeness (QED) is 0.880. The normalized spacial score (nSPS) is 11.6. The fraction of sp³-hybridized carbons (Fsp3) is 0.357. The van der Waals surface area contributed by atoms with Gasteiger partial charge in [0.1, 0.15) is 5.75 Å². The summed E-state index contributed by atoms with van der Waals surface area (Å²) in [6, 6.07) is 6.35. The van der Waals surface area contributed by atoms with E-state index in [4.69, 9.17) is 4.74 Å². The molecule has 1 aromatic carbocycles. The Kier molecular flexibility index (Phi) is 4.64. The average Bonchev–Trinajstić information content (AvgIpc) is 2.76. The Morgan fingerprint density at radius 2 is 1.95 bits per heavy atom. The maximum atomic E-state index is 12.2. The van der Waals surface area contributed by atoms with Crippen molar-refractivity contribution in [2.24, 2.45) is 7.05 Å². The number of rotatable bonds is 6. The van der Waals surface area contributed by atoms with Crippen molar-refractivity contribution >= 4 is 10.0 Å². The van der Waals surface area contributed by atoms with E-state index in [2.05, 4.69) is 9.82 Å². The summed E-state index contributed by atoms with van der Waals surface area (Å²) in [5.74, 6) is 0.652. The van der Waals surface area contributed by atoms with Crippen molar-refractivity contribution in [3.05, 3.63) is 41.7 Å². The number of sulfonamides is 1. The monoisotopic (exact) mass is 309 g/mol. The second-order valence-corrected chi connectivity index (χ2v) is 6.41. The Labute approximate surface area is 124 Å².